The van der Waals surface area contributed by atoms with Crippen LogP contribution in [0.1, 0.15) is 42.0 Å². The van der Waals surface area contributed by atoms with Crippen LogP contribution in [0, 0.1) is 5.82 Å². The maximum Gasteiger partial charge on any atom is 0.271 e. The second kappa shape index (κ2) is 11.0. The number of halogens is 1. The van der Waals surface area contributed by atoms with E-state index >= 15 is 0 Å². The lowest BCUT2D eigenvalue weighted by molar-refractivity contribution is 0.553. The van der Waals surface area contributed by atoms with Crippen LogP contribution in [0.3, 0.4) is 0 Å². The molecule has 6 rings (SSSR count). The maximum absolute atomic E-state index is 13.9. The highest BCUT2D eigenvalue weighted by atomic mass is 32.1. The number of allylic oxidation sites excluding steroid dienone is 2. The van der Waals surface area contributed by atoms with Crippen LogP contribution in [-0.4, -0.2) is 32.8 Å². The fraction of sp³-hybridized carbons (Fsp3) is 0.235. The number of rotatable bonds is 5. The van der Waals surface area contributed by atoms with Crippen molar-refractivity contribution < 1.29 is 4.39 Å². The lowest BCUT2D eigenvalue weighted by atomic mass is 9.83. The van der Waals surface area contributed by atoms with Gasteiger partial charge in [0.1, 0.15) is 5.82 Å². The van der Waals surface area contributed by atoms with E-state index in [0.717, 1.165) is 53.0 Å². The van der Waals surface area contributed by atoms with Crippen molar-refractivity contribution in [2.75, 3.05) is 38.0 Å². The minimum absolute atomic E-state index is 0.0679. The van der Waals surface area contributed by atoms with Crippen LogP contribution < -0.4 is 24.7 Å². The van der Waals surface area contributed by atoms with Gasteiger partial charge in [-0.05, 0) is 95.6 Å². The van der Waals surface area contributed by atoms with Crippen molar-refractivity contribution in [1.29, 1.82) is 0 Å². The van der Waals surface area contributed by atoms with E-state index in [1.54, 1.807) is 12.1 Å². The number of hydrogen-bond donors (Lipinski definition) is 0. The molecule has 1 aliphatic heterocycles. The molecule has 208 valence electrons. The Kier molecular flexibility index (Phi) is 7.22. The molecule has 5 nitrogen and oxygen atoms in total. The third-order valence-corrected chi connectivity index (χ3v) is 8.76. The molecule has 0 radical (unpaired) electrons. The average Bonchev–Trinajstić information content (AvgIpc) is 3.28. The summed E-state index contributed by atoms with van der Waals surface area (Å²) in [7, 11) is 8.13. The second-order valence-corrected chi connectivity index (χ2v) is 12.0. The smallest absolute Gasteiger partial charge is 0.271 e. The van der Waals surface area contributed by atoms with Gasteiger partial charge in [-0.2, -0.15) is 0 Å². The quantitative estimate of drug-likeness (QED) is 0.310. The van der Waals surface area contributed by atoms with Gasteiger partial charge < -0.3 is 9.80 Å². The van der Waals surface area contributed by atoms with Crippen LogP contribution in [0.4, 0.5) is 15.8 Å². The Morgan fingerprint density at radius 1 is 0.829 bits per heavy atom. The molecule has 41 heavy (non-hydrogen) atoms. The average molecular weight is 565 g/mol. The van der Waals surface area contributed by atoms with E-state index in [2.05, 4.69) is 64.4 Å². The molecule has 0 bridgehead atoms. The Bertz CT molecular complexity index is 1830. The molecule has 2 heterocycles. The summed E-state index contributed by atoms with van der Waals surface area (Å²) < 4.78 is 16.0. The van der Waals surface area contributed by atoms with Gasteiger partial charge in [-0.1, -0.05) is 47.7 Å². The molecule has 0 N–H and O–H groups in total. The molecule has 0 saturated heterocycles. The van der Waals surface area contributed by atoms with E-state index in [1.165, 1.54) is 34.6 Å². The van der Waals surface area contributed by atoms with Gasteiger partial charge in [0.25, 0.3) is 5.56 Å². The second-order valence-electron chi connectivity index (χ2n) is 11.0. The normalized spacial score (nSPS) is 17.7. The van der Waals surface area contributed by atoms with Crippen molar-refractivity contribution in [3.63, 3.8) is 0 Å². The highest BCUT2D eigenvalue weighted by Gasteiger charge is 2.32. The van der Waals surface area contributed by atoms with Crippen molar-refractivity contribution in [2.45, 2.75) is 25.3 Å². The molecular formula is C34H33FN4OS. The van der Waals surface area contributed by atoms with Gasteiger partial charge >= 0.3 is 0 Å². The minimum Gasteiger partial charge on any atom is -0.378 e. The molecule has 1 aliphatic carbocycles. The van der Waals surface area contributed by atoms with Crippen molar-refractivity contribution >= 4 is 34.9 Å². The summed E-state index contributed by atoms with van der Waals surface area (Å²) >= 11 is 1.40. The molecule has 7 heteroatoms. The number of fused-ring (bicyclic) bond motifs is 1. The molecule has 0 saturated carbocycles. The van der Waals surface area contributed by atoms with Gasteiger partial charge in [0.05, 0.1) is 16.3 Å². The lowest BCUT2D eigenvalue weighted by Gasteiger charge is -2.31. The fourth-order valence-electron chi connectivity index (χ4n) is 5.59. The SMILES string of the molecule is CN(C)c1ccc(/C=C2\CCCC3=C2N=c2s/c(=C/c4ccc(F)cc4)c(=O)n2C3c2ccc(N(C)C)cc2)cc1. The van der Waals surface area contributed by atoms with E-state index < -0.39 is 0 Å². The third kappa shape index (κ3) is 5.30. The number of anilines is 2. The van der Waals surface area contributed by atoms with Gasteiger partial charge in [0, 0.05) is 39.6 Å². The first-order valence-electron chi connectivity index (χ1n) is 13.8. The van der Waals surface area contributed by atoms with Crippen molar-refractivity contribution in [2.24, 2.45) is 4.99 Å². The Morgan fingerprint density at radius 3 is 2.05 bits per heavy atom. The number of thiazole rings is 1. The molecule has 0 amide bonds. The summed E-state index contributed by atoms with van der Waals surface area (Å²) in [6, 6.07) is 23.0. The number of benzene rings is 3. The molecule has 4 aromatic rings. The van der Waals surface area contributed by atoms with E-state index in [9.17, 15) is 9.18 Å². The summed E-state index contributed by atoms with van der Waals surface area (Å²) in [6.07, 6.45) is 6.91. The summed E-state index contributed by atoms with van der Waals surface area (Å²) in [6.45, 7) is 0. The highest BCUT2D eigenvalue weighted by molar-refractivity contribution is 7.07. The van der Waals surface area contributed by atoms with Crippen LogP contribution in [0.5, 0.6) is 0 Å². The molecule has 1 unspecified atom stereocenters. The maximum atomic E-state index is 13.9. The molecule has 0 fully saturated rings. The standard InChI is InChI=1S/C34H33FN4OS/c1-37(2)27-16-10-22(11-17-27)20-25-6-5-7-29-31(25)36-34-39(32(29)24-12-18-28(19-13-24)38(3)4)33(40)30(41-34)21-23-8-14-26(35)15-9-23/h8-21,32H,5-7H2,1-4H3/b25-20+,30-21+. The topological polar surface area (TPSA) is 40.8 Å². The van der Waals surface area contributed by atoms with Crippen LogP contribution in [0.15, 0.2) is 99.4 Å². The van der Waals surface area contributed by atoms with E-state index in [1.807, 2.05) is 38.8 Å². The van der Waals surface area contributed by atoms with Crippen LogP contribution >= 0.6 is 11.3 Å². The zero-order valence-electron chi connectivity index (χ0n) is 23.8. The van der Waals surface area contributed by atoms with Gasteiger partial charge in [-0.25, -0.2) is 9.38 Å². The van der Waals surface area contributed by atoms with Gasteiger partial charge in [-0.3, -0.25) is 9.36 Å². The minimum atomic E-state index is -0.298. The third-order valence-electron chi connectivity index (χ3n) is 7.78. The molecule has 1 atom stereocenters. The predicted octanol–water partition coefficient (Wildman–Crippen LogP) is 5.75. The Morgan fingerprint density at radius 2 is 1.41 bits per heavy atom. The fourth-order valence-corrected chi connectivity index (χ4v) is 6.59. The zero-order valence-corrected chi connectivity index (χ0v) is 24.6. The van der Waals surface area contributed by atoms with E-state index in [4.69, 9.17) is 4.99 Å². The summed E-state index contributed by atoms with van der Waals surface area (Å²) in [4.78, 5) is 23.9. The summed E-state index contributed by atoms with van der Waals surface area (Å²) in [5.41, 5.74) is 8.59. The summed E-state index contributed by atoms with van der Waals surface area (Å²) in [5, 5.41) is 0. The van der Waals surface area contributed by atoms with Gasteiger partial charge in [0.2, 0.25) is 0 Å². The molecule has 3 aromatic carbocycles. The van der Waals surface area contributed by atoms with Crippen molar-refractivity contribution in [3.8, 4) is 0 Å². The Hall–Kier alpha value is -4.23. The number of aromatic nitrogens is 1. The van der Waals surface area contributed by atoms with Crippen molar-refractivity contribution in [1.82, 2.24) is 4.57 Å². The largest absolute Gasteiger partial charge is 0.378 e. The monoisotopic (exact) mass is 564 g/mol. The molecule has 1 aromatic heterocycles. The van der Waals surface area contributed by atoms with Crippen molar-refractivity contribution in [3.05, 3.63) is 132 Å². The first-order valence-corrected chi connectivity index (χ1v) is 14.7. The van der Waals surface area contributed by atoms with E-state index in [0.29, 0.717) is 9.33 Å². The highest BCUT2D eigenvalue weighted by Crippen LogP contribution is 2.41. The van der Waals surface area contributed by atoms with Crippen LogP contribution in [-0.2, 0) is 0 Å². The molecular weight excluding hydrogens is 531 g/mol. The van der Waals surface area contributed by atoms with Gasteiger partial charge in [-0.15, -0.1) is 0 Å². The predicted molar refractivity (Wildman–Crippen MR) is 168 cm³/mol. The van der Waals surface area contributed by atoms with Gasteiger partial charge in [0.15, 0.2) is 4.80 Å². The van der Waals surface area contributed by atoms with E-state index in [-0.39, 0.29) is 17.4 Å². The first-order chi connectivity index (χ1) is 19.8. The number of hydrogen-bond acceptors (Lipinski definition) is 5. The summed E-state index contributed by atoms with van der Waals surface area (Å²) in [5.74, 6) is -0.298. The first kappa shape index (κ1) is 27.0. The Labute approximate surface area is 243 Å². The molecule has 0 spiro atoms. The molecule has 2 aliphatic rings. The van der Waals surface area contributed by atoms with Crippen LogP contribution in [0.2, 0.25) is 0 Å². The zero-order chi connectivity index (χ0) is 28.7. The Balaban J connectivity index is 1.53. The van der Waals surface area contributed by atoms with Crippen LogP contribution in [0.25, 0.3) is 12.2 Å². The number of nitrogens with zero attached hydrogens (tertiary/aromatic N) is 4. The lowest BCUT2D eigenvalue weighted by Crippen LogP contribution is -2.39.